The summed E-state index contributed by atoms with van der Waals surface area (Å²) in [5.74, 6) is 1.05. The summed E-state index contributed by atoms with van der Waals surface area (Å²) in [7, 11) is 0. The van der Waals surface area contributed by atoms with Crippen LogP contribution in [-0.4, -0.2) is 73.2 Å². The number of nitrogens with zero attached hydrogens (tertiary/aromatic N) is 5. The zero-order chi connectivity index (χ0) is 29.3. The first-order valence-corrected chi connectivity index (χ1v) is 14.1. The number of rotatable bonds is 6. The number of amides is 2. The Morgan fingerprint density at radius 2 is 1.74 bits per heavy atom. The molecule has 1 saturated heterocycles. The molecule has 0 unspecified atom stereocenters. The molecule has 0 bridgehead atoms. The maximum absolute atomic E-state index is 12.9. The van der Waals surface area contributed by atoms with Gasteiger partial charge in [-0.15, -0.1) is 0 Å². The van der Waals surface area contributed by atoms with Gasteiger partial charge in [-0.05, 0) is 42.0 Å². The fraction of sp³-hybridized carbons (Fsp3) is 0.188. The van der Waals surface area contributed by atoms with Crippen LogP contribution in [0, 0.1) is 0 Å². The van der Waals surface area contributed by atoms with Crippen molar-refractivity contribution in [1.29, 1.82) is 0 Å². The van der Waals surface area contributed by atoms with Crippen LogP contribution in [0.1, 0.15) is 23.7 Å². The maximum Gasteiger partial charge on any atom is 0.254 e. The number of carbonyl (C=O) groups is 2. The van der Waals surface area contributed by atoms with Gasteiger partial charge in [-0.3, -0.25) is 14.7 Å². The monoisotopic (exact) mass is 572 g/mol. The minimum absolute atomic E-state index is 0.0171. The lowest BCUT2D eigenvalue weighted by atomic mass is 10.0. The summed E-state index contributed by atoms with van der Waals surface area (Å²) in [5.41, 5.74) is 7.25. The highest BCUT2D eigenvalue weighted by molar-refractivity contribution is 5.99. The fourth-order valence-corrected chi connectivity index (χ4v) is 5.23. The molecular formula is C32H28N8O3. The number of aromatic amines is 2. The van der Waals surface area contributed by atoms with E-state index in [1.54, 1.807) is 25.4 Å². The van der Waals surface area contributed by atoms with Crippen molar-refractivity contribution in [2.24, 2.45) is 0 Å². The highest BCUT2D eigenvalue weighted by Gasteiger charge is 2.20. The molecule has 11 heteroatoms. The van der Waals surface area contributed by atoms with E-state index < -0.39 is 0 Å². The molecule has 0 radical (unpaired) electrons. The molecule has 0 atom stereocenters. The summed E-state index contributed by atoms with van der Waals surface area (Å²) in [6.45, 7) is 4.15. The molecule has 2 aromatic carbocycles. The molecule has 1 aliphatic heterocycles. The third-order valence-corrected chi connectivity index (χ3v) is 7.58. The van der Waals surface area contributed by atoms with E-state index >= 15 is 0 Å². The average Bonchev–Trinajstić information content (AvgIpc) is 3.69. The van der Waals surface area contributed by atoms with Gasteiger partial charge in [0.25, 0.3) is 5.91 Å². The topological polar surface area (TPSA) is 142 Å². The average molecular weight is 573 g/mol. The van der Waals surface area contributed by atoms with E-state index in [2.05, 4.69) is 30.5 Å². The Labute approximate surface area is 246 Å². The van der Waals surface area contributed by atoms with E-state index in [0.717, 1.165) is 38.7 Å². The van der Waals surface area contributed by atoms with Crippen LogP contribution in [0.15, 0.2) is 73.1 Å². The number of para-hydroxylation sites is 1. The number of aromatic nitrogens is 6. The largest absolute Gasteiger partial charge is 0.378 e. The van der Waals surface area contributed by atoms with Gasteiger partial charge in [-0.2, -0.15) is 5.10 Å². The lowest BCUT2D eigenvalue weighted by Crippen LogP contribution is -2.40. The summed E-state index contributed by atoms with van der Waals surface area (Å²) >= 11 is 0. The van der Waals surface area contributed by atoms with Crippen molar-refractivity contribution in [2.45, 2.75) is 13.3 Å². The number of anilines is 1. The SMILES string of the molecule is CCC(=O)Nc1ccc(-c2cnc3[nH]nc(-c4nc5c(-c6ccc(C(=O)N7CCOCC7)cc6)cccc5[nH]4)c3c2)cn1. The van der Waals surface area contributed by atoms with Crippen molar-refractivity contribution in [3.8, 4) is 33.8 Å². The highest BCUT2D eigenvalue weighted by atomic mass is 16.5. The predicted octanol–water partition coefficient (Wildman–Crippen LogP) is 5.05. The Balaban J connectivity index is 1.19. The number of hydrogen-bond acceptors (Lipinski definition) is 7. The van der Waals surface area contributed by atoms with E-state index in [1.165, 1.54) is 0 Å². The molecule has 0 aliphatic carbocycles. The van der Waals surface area contributed by atoms with Crippen LogP contribution in [0.3, 0.4) is 0 Å². The van der Waals surface area contributed by atoms with Crippen LogP contribution in [-0.2, 0) is 9.53 Å². The molecule has 1 aliphatic rings. The Kier molecular flexibility index (Phi) is 6.84. The highest BCUT2D eigenvalue weighted by Crippen LogP contribution is 2.33. The van der Waals surface area contributed by atoms with E-state index in [1.807, 2.05) is 59.5 Å². The van der Waals surface area contributed by atoms with Crippen LogP contribution in [0.2, 0.25) is 0 Å². The third kappa shape index (κ3) is 5.10. The molecule has 4 aromatic heterocycles. The van der Waals surface area contributed by atoms with Crippen molar-refractivity contribution in [1.82, 2.24) is 35.0 Å². The Morgan fingerprint density at radius 3 is 2.51 bits per heavy atom. The minimum atomic E-state index is -0.0868. The summed E-state index contributed by atoms with van der Waals surface area (Å²) in [6.07, 6.45) is 3.86. The number of fused-ring (bicyclic) bond motifs is 2. The van der Waals surface area contributed by atoms with Gasteiger partial charge in [0, 0.05) is 54.2 Å². The number of morpholine rings is 1. The lowest BCUT2D eigenvalue weighted by Gasteiger charge is -2.26. The first kappa shape index (κ1) is 26.5. The van der Waals surface area contributed by atoms with E-state index in [9.17, 15) is 9.59 Å². The quantitative estimate of drug-likeness (QED) is 0.254. The summed E-state index contributed by atoms with van der Waals surface area (Å²) in [4.78, 5) is 43.7. The number of pyridine rings is 2. The number of carbonyl (C=O) groups excluding carboxylic acids is 2. The molecule has 2 amide bonds. The molecular weight excluding hydrogens is 544 g/mol. The van der Waals surface area contributed by atoms with E-state index in [0.29, 0.717) is 61.3 Å². The van der Waals surface area contributed by atoms with Gasteiger partial charge < -0.3 is 19.9 Å². The first-order valence-electron chi connectivity index (χ1n) is 14.1. The van der Waals surface area contributed by atoms with Crippen LogP contribution >= 0.6 is 0 Å². The Bertz CT molecular complexity index is 1960. The van der Waals surface area contributed by atoms with Crippen LogP contribution in [0.5, 0.6) is 0 Å². The Hall–Kier alpha value is -5.42. The summed E-state index contributed by atoms with van der Waals surface area (Å²) in [6, 6.07) is 19.3. The number of hydrogen-bond donors (Lipinski definition) is 3. The number of imidazole rings is 1. The fourth-order valence-electron chi connectivity index (χ4n) is 5.23. The van der Waals surface area contributed by atoms with Crippen molar-refractivity contribution in [3.63, 3.8) is 0 Å². The molecule has 5 heterocycles. The second-order valence-corrected chi connectivity index (χ2v) is 10.3. The van der Waals surface area contributed by atoms with E-state index in [-0.39, 0.29) is 11.8 Å². The second kappa shape index (κ2) is 11.1. The number of benzene rings is 2. The van der Waals surface area contributed by atoms with Gasteiger partial charge in [0.2, 0.25) is 5.91 Å². The van der Waals surface area contributed by atoms with Crippen LogP contribution in [0.25, 0.3) is 55.8 Å². The van der Waals surface area contributed by atoms with Crippen LogP contribution < -0.4 is 5.32 Å². The van der Waals surface area contributed by atoms with Gasteiger partial charge in [0.15, 0.2) is 11.5 Å². The first-order chi connectivity index (χ1) is 21.1. The summed E-state index contributed by atoms with van der Waals surface area (Å²) < 4.78 is 5.37. The number of H-pyrrole nitrogens is 2. The smallest absolute Gasteiger partial charge is 0.254 e. The zero-order valence-corrected chi connectivity index (χ0v) is 23.4. The van der Waals surface area contributed by atoms with Crippen LogP contribution in [0.4, 0.5) is 5.82 Å². The normalized spacial score (nSPS) is 13.5. The molecule has 1 fully saturated rings. The molecule has 7 rings (SSSR count). The molecule has 6 aromatic rings. The molecule has 0 spiro atoms. The minimum Gasteiger partial charge on any atom is -0.378 e. The molecule has 214 valence electrons. The molecule has 11 nitrogen and oxygen atoms in total. The van der Waals surface area contributed by atoms with Gasteiger partial charge in [0.1, 0.15) is 11.5 Å². The standard InChI is InChI=1S/C32H28N8O3/c1-2-27(41)36-26-11-10-21(17-33-26)22-16-24-29(38-39-30(24)34-18-22)31-35-25-5-3-4-23(28(25)37-31)19-6-8-20(9-7-19)32(42)40-12-14-43-15-13-40/h3-11,16-18H,2,12-15H2,1H3,(H,35,37)(H,33,36,41)(H,34,38,39). The van der Waals surface area contributed by atoms with E-state index in [4.69, 9.17) is 9.72 Å². The zero-order valence-electron chi connectivity index (χ0n) is 23.4. The van der Waals surface area contributed by atoms with Crippen molar-refractivity contribution in [3.05, 3.63) is 78.6 Å². The number of ether oxygens (including phenoxy) is 1. The lowest BCUT2D eigenvalue weighted by molar-refractivity contribution is -0.115. The van der Waals surface area contributed by atoms with Gasteiger partial charge in [-0.1, -0.05) is 31.2 Å². The second-order valence-electron chi connectivity index (χ2n) is 10.3. The van der Waals surface area contributed by atoms with Gasteiger partial charge >= 0.3 is 0 Å². The maximum atomic E-state index is 12.9. The molecule has 43 heavy (non-hydrogen) atoms. The molecule has 0 saturated carbocycles. The van der Waals surface area contributed by atoms with Gasteiger partial charge in [0.05, 0.1) is 29.6 Å². The van der Waals surface area contributed by atoms with Gasteiger partial charge in [-0.25, -0.2) is 15.0 Å². The third-order valence-electron chi connectivity index (χ3n) is 7.58. The van der Waals surface area contributed by atoms with Crippen molar-refractivity contribution in [2.75, 3.05) is 31.6 Å². The molecule has 3 N–H and O–H groups in total. The number of nitrogens with one attached hydrogen (secondary N) is 3. The van der Waals surface area contributed by atoms with Crippen molar-refractivity contribution >= 4 is 39.7 Å². The Morgan fingerprint density at radius 1 is 0.953 bits per heavy atom. The summed E-state index contributed by atoms with van der Waals surface area (Å²) in [5, 5.41) is 11.1. The predicted molar refractivity (Wildman–Crippen MR) is 163 cm³/mol. The van der Waals surface area contributed by atoms with Crippen molar-refractivity contribution < 1.29 is 14.3 Å².